The van der Waals surface area contributed by atoms with E-state index < -0.39 is 23.4 Å². The summed E-state index contributed by atoms with van der Waals surface area (Å²) < 4.78 is 43.2. The predicted octanol–water partition coefficient (Wildman–Crippen LogP) is 4.22. The Hall–Kier alpha value is -2.18. The number of halogens is 3. The van der Waals surface area contributed by atoms with Crippen LogP contribution in [0.3, 0.4) is 0 Å². The Balaban J connectivity index is 2.52. The van der Waals surface area contributed by atoms with Gasteiger partial charge in [0.1, 0.15) is 5.60 Å². The minimum Gasteiger partial charge on any atom is -0.444 e. The van der Waals surface area contributed by atoms with Gasteiger partial charge in [0.15, 0.2) is 0 Å². The van der Waals surface area contributed by atoms with E-state index in [1.54, 1.807) is 32.9 Å². The van der Waals surface area contributed by atoms with Crippen LogP contribution in [-0.4, -0.2) is 18.2 Å². The SMILES string of the molecule is CC(C)(C)OC(=O)NCCC=Cc1ccc(N)c(C(F)(F)F)c1. The van der Waals surface area contributed by atoms with Crippen molar-refractivity contribution < 1.29 is 22.7 Å². The van der Waals surface area contributed by atoms with E-state index in [4.69, 9.17) is 10.5 Å². The van der Waals surface area contributed by atoms with Crippen LogP contribution in [0.2, 0.25) is 0 Å². The number of nitrogens with one attached hydrogen (secondary N) is 1. The molecule has 0 unspecified atom stereocenters. The van der Waals surface area contributed by atoms with Crippen molar-refractivity contribution in [2.75, 3.05) is 12.3 Å². The molecule has 0 atom stereocenters. The number of amides is 1. The van der Waals surface area contributed by atoms with E-state index in [0.29, 0.717) is 18.5 Å². The lowest BCUT2D eigenvalue weighted by molar-refractivity contribution is -0.136. The van der Waals surface area contributed by atoms with Crippen molar-refractivity contribution in [1.82, 2.24) is 5.32 Å². The fourth-order valence-corrected chi connectivity index (χ4v) is 1.71. The smallest absolute Gasteiger partial charge is 0.418 e. The molecule has 1 rings (SSSR count). The average molecular weight is 330 g/mol. The highest BCUT2D eigenvalue weighted by atomic mass is 19.4. The lowest BCUT2D eigenvalue weighted by Crippen LogP contribution is -2.32. The maximum absolute atomic E-state index is 12.7. The van der Waals surface area contributed by atoms with Crippen LogP contribution in [0.5, 0.6) is 0 Å². The molecule has 0 aliphatic heterocycles. The first kappa shape index (κ1) is 18.9. The number of hydrogen-bond acceptors (Lipinski definition) is 3. The van der Waals surface area contributed by atoms with Gasteiger partial charge in [-0.1, -0.05) is 18.2 Å². The first-order valence-electron chi connectivity index (χ1n) is 7.09. The summed E-state index contributed by atoms with van der Waals surface area (Å²) in [6, 6.07) is 3.72. The Bertz CT molecular complexity index is 576. The first-order chi connectivity index (χ1) is 10.5. The topological polar surface area (TPSA) is 64.3 Å². The van der Waals surface area contributed by atoms with Crippen molar-refractivity contribution >= 4 is 17.9 Å². The highest BCUT2D eigenvalue weighted by molar-refractivity contribution is 5.67. The summed E-state index contributed by atoms with van der Waals surface area (Å²) in [5.41, 5.74) is 3.99. The molecular formula is C16H21F3N2O2. The summed E-state index contributed by atoms with van der Waals surface area (Å²) in [5, 5.41) is 2.56. The maximum Gasteiger partial charge on any atom is 0.418 e. The molecule has 0 spiro atoms. The van der Waals surface area contributed by atoms with E-state index in [2.05, 4.69) is 5.32 Å². The molecule has 0 saturated carbocycles. The van der Waals surface area contributed by atoms with Gasteiger partial charge in [0.05, 0.1) is 5.56 Å². The Morgan fingerprint density at radius 1 is 1.30 bits per heavy atom. The van der Waals surface area contributed by atoms with E-state index in [1.165, 1.54) is 12.1 Å². The number of alkyl carbamates (subject to hydrolysis) is 1. The number of nitrogens with two attached hydrogens (primary N) is 1. The van der Waals surface area contributed by atoms with Crippen LogP contribution in [0.4, 0.5) is 23.7 Å². The van der Waals surface area contributed by atoms with Crippen molar-refractivity contribution in [3.05, 3.63) is 35.4 Å². The van der Waals surface area contributed by atoms with Gasteiger partial charge < -0.3 is 15.8 Å². The number of nitrogen functional groups attached to an aromatic ring is 1. The molecule has 0 aliphatic rings. The third-order valence-corrected chi connectivity index (χ3v) is 2.67. The second kappa shape index (κ2) is 7.39. The molecule has 0 heterocycles. The van der Waals surface area contributed by atoms with Crippen molar-refractivity contribution in [3.8, 4) is 0 Å². The van der Waals surface area contributed by atoms with E-state index >= 15 is 0 Å². The third kappa shape index (κ3) is 7.08. The Kier molecular flexibility index (Phi) is 6.06. The zero-order valence-electron chi connectivity index (χ0n) is 13.3. The van der Waals surface area contributed by atoms with Crippen LogP contribution in [-0.2, 0) is 10.9 Å². The van der Waals surface area contributed by atoms with E-state index in [-0.39, 0.29) is 5.69 Å². The third-order valence-electron chi connectivity index (χ3n) is 2.67. The van der Waals surface area contributed by atoms with Crippen molar-refractivity contribution in [2.24, 2.45) is 0 Å². The Morgan fingerprint density at radius 2 is 1.96 bits per heavy atom. The van der Waals surface area contributed by atoms with Crippen LogP contribution in [0.1, 0.15) is 38.3 Å². The van der Waals surface area contributed by atoms with Gasteiger partial charge in [0.2, 0.25) is 0 Å². The van der Waals surface area contributed by atoms with Crippen LogP contribution < -0.4 is 11.1 Å². The molecule has 0 bridgehead atoms. The standard InChI is InChI=1S/C16H21F3N2O2/c1-15(2,3)23-14(22)21-9-5-4-6-11-7-8-13(20)12(10-11)16(17,18)19/h4,6-8,10H,5,9,20H2,1-3H3,(H,21,22). The monoisotopic (exact) mass is 330 g/mol. The van der Waals surface area contributed by atoms with Crippen LogP contribution in [0.25, 0.3) is 6.08 Å². The first-order valence-corrected chi connectivity index (χ1v) is 7.09. The molecule has 23 heavy (non-hydrogen) atoms. The molecule has 0 aromatic heterocycles. The summed E-state index contributed by atoms with van der Waals surface area (Å²) in [4.78, 5) is 11.4. The number of hydrogen-bond donors (Lipinski definition) is 2. The minimum atomic E-state index is -4.48. The molecule has 0 fully saturated rings. The van der Waals surface area contributed by atoms with Gasteiger partial charge in [-0.3, -0.25) is 0 Å². The summed E-state index contributed by atoms with van der Waals surface area (Å²) in [6.07, 6.45) is -1.33. The maximum atomic E-state index is 12.7. The second-order valence-electron chi connectivity index (χ2n) is 5.96. The quantitative estimate of drug-likeness (QED) is 0.642. The van der Waals surface area contributed by atoms with Crippen molar-refractivity contribution in [1.29, 1.82) is 0 Å². The largest absolute Gasteiger partial charge is 0.444 e. The van der Waals surface area contributed by atoms with Gasteiger partial charge in [-0.25, -0.2) is 4.79 Å². The summed E-state index contributed by atoms with van der Waals surface area (Å²) in [5.74, 6) is 0. The summed E-state index contributed by atoms with van der Waals surface area (Å²) in [6.45, 7) is 5.59. The van der Waals surface area contributed by atoms with Crippen LogP contribution in [0, 0.1) is 0 Å². The molecule has 128 valence electrons. The highest BCUT2D eigenvalue weighted by Gasteiger charge is 2.32. The van der Waals surface area contributed by atoms with Crippen molar-refractivity contribution in [2.45, 2.75) is 39.0 Å². The summed E-state index contributed by atoms with van der Waals surface area (Å²) in [7, 11) is 0. The fraction of sp³-hybridized carbons (Fsp3) is 0.438. The molecule has 7 heteroatoms. The number of alkyl halides is 3. The summed E-state index contributed by atoms with van der Waals surface area (Å²) >= 11 is 0. The molecule has 1 aromatic carbocycles. The van der Waals surface area contributed by atoms with E-state index in [0.717, 1.165) is 6.07 Å². The van der Waals surface area contributed by atoms with Crippen molar-refractivity contribution in [3.63, 3.8) is 0 Å². The lowest BCUT2D eigenvalue weighted by atomic mass is 10.1. The normalized spacial score (nSPS) is 12.4. The lowest BCUT2D eigenvalue weighted by Gasteiger charge is -2.19. The van der Waals surface area contributed by atoms with Crippen LogP contribution >= 0.6 is 0 Å². The number of carbonyl (C=O) groups is 1. The number of carbonyl (C=O) groups excluding carboxylic acids is 1. The van der Waals surface area contributed by atoms with Gasteiger partial charge >= 0.3 is 12.3 Å². The zero-order valence-corrected chi connectivity index (χ0v) is 13.3. The minimum absolute atomic E-state index is 0.304. The molecular weight excluding hydrogens is 309 g/mol. The number of rotatable bonds is 4. The molecule has 0 saturated heterocycles. The molecule has 1 aromatic rings. The molecule has 1 amide bonds. The van der Waals surface area contributed by atoms with Crippen LogP contribution in [0.15, 0.2) is 24.3 Å². The van der Waals surface area contributed by atoms with E-state index in [1.807, 2.05) is 0 Å². The number of benzene rings is 1. The Labute approximate surface area is 133 Å². The number of ether oxygens (including phenoxy) is 1. The van der Waals surface area contributed by atoms with Gasteiger partial charge in [0.25, 0.3) is 0 Å². The van der Waals surface area contributed by atoms with Gasteiger partial charge in [-0.05, 0) is 44.9 Å². The fourth-order valence-electron chi connectivity index (χ4n) is 1.71. The van der Waals surface area contributed by atoms with Gasteiger partial charge in [-0.15, -0.1) is 0 Å². The molecule has 4 nitrogen and oxygen atoms in total. The second-order valence-corrected chi connectivity index (χ2v) is 5.96. The molecule has 0 aliphatic carbocycles. The van der Waals surface area contributed by atoms with E-state index in [9.17, 15) is 18.0 Å². The Morgan fingerprint density at radius 3 is 2.52 bits per heavy atom. The average Bonchev–Trinajstić information content (AvgIpc) is 2.36. The molecule has 0 radical (unpaired) electrons. The van der Waals surface area contributed by atoms with Gasteiger partial charge in [0, 0.05) is 12.2 Å². The zero-order chi connectivity index (χ0) is 17.7. The van der Waals surface area contributed by atoms with Gasteiger partial charge in [-0.2, -0.15) is 13.2 Å². The predicted molar refractivity (Wildman–Crippen MR) is 83.7 cm³/mol. The highest BCUT2D eigenvalue weighted by Crippen LogP contribution is 2.34. The number of anilines is 1. The molecule has 3 N–H and O–H groups in total.